The van der Waals surface area contributed by atoms with E-state index in [1.165, 1.54) is 7.11 Å². The molecule has 146 valence electrons. The molecule has 0 fully saturated rings. The molecule has 0 saturated carbocycles. The van der Waals surface area contributed by atoms with Gasteiger partial charge in [-0.1, -0.05) is 45.0 Å². The van der Waals surface area contributed by atoms with E-state index in [-0.39, 0.29) is 29.3 Å². The Bertz CT molecular complexity index is 885. The minimum absolute atomic E-state index is 0.0432. The number of hydrogen-bond acceptors (Lipinski definition) is 4. The maximum Gasteiger partial charge on any atom is 0.255 e. The van der Waals surface area contributed by atoms with Gasteiger partial charge in [0.1, 0.15) is 5.75 Å². The molecule has 0 aliphatic rings. The van der Waals surface area contributed by atoms with Crippen molar-refractivity contribution in [3.05, 3.63) is 59.7 Å². The highest BCUT2D eigenvalue weighted by molar-refractivity contribution is 7.89. The Morgan fingerprint density at radius 2 is 1.63 bits per heavy atom. The number of nitrogens with one attached hydrogen (secondary N) is 2. The zero-order chi connectivity index (χ0) is 20.1. The van der Waals surface area contributed by atoms with Crippen LogP contribution in [0.15, 0.2) is 53.4 Å². The molecule has 0 saturated heterocycles. The van der Waals surface area contributed by atoms with Crippen LogP contribution in [0, 0.1) is 0 Å². The lowest BCUT2D eigenvalue weighted by atomic mass is 9.87. The van der Waals surface area contributed by atoms with Crippen molar-refractivity contribution >= 4 is 15.9 Å². The fraction of sp³-hybridized carbons (Fsp3) is 0.350. The maximum absolute atomic E-state index is 12.4. The number of hydrogen-bond donors (Lipinski definition) is 2. The van der Waals surface area contributed by atoms with E-state index in [0.717, 1.165) is 5.56 Å². The normalized spacial score (nSPS) is 11.9. The Hall–Kier alpha value is -2.38. The van der Waals surface area contributed by atoms with E-state index in [1.807, 2.05) is 12.1 Å². The number of para-hydroxylation sites is 1. The lowest BCUT2D eigenvalue weighted by molar-refractivity contribution is 0.0951. The van der Waals surface area contributed by atoms with Crippen molar-refractivity contribution < 1.29 is 17.9 Å². The average molecular weight is 391 g/mol. The Labute approximate surface area is 161 Å². The summed E-state index contributed by atoms with van der Waals surface area (Å²) in [5, 5.41) is 2.68. The molecule has 2 aromatic carbocycles. The van der Waals surface area contributed by atoms with Crippen molar-refractivity contribution in [2.75, 3.05) is 20.2 Å². The van der Waals surface area contributed by atoms with Crippen LogP contribution >= 0.6 is 0 Å². The molecule has 0 spiro atoms. The minimum Gasteiger partial charge on any atom is -0.496 e. The lowest BCUT2D eigenvalue weighted by Crippen LogP contribution is -2.34. The van der Waals surface area contributed by atoms with Crippen molar-refractivity contribution in [1.82, 2.24) is 10.0 Å². The van der Waals surface area contributed by atoms with E-state index in [0.29, 0.717) is 11.3 Å². The highest BCUT2D eigenvalue weighted by atomic mass is 32.2. The number of amides is 1. The molecule has 7 heteroatoms. The SMILES string of the molecule is COc1ccccc1C(=O)NCCNS(=O)(=O)c1ccc(C(C)(C)C)cc1. The summed E-state index contributed by atoms with van der Waals surface area (Å²) in [6.07, 6.45) is 0. The zero-order valence-corrected chi connectivity index (χ0v) is 16.9. The number of benzene rings is 2. The summed E-state index contributed by atoms with van der Waals surface area (Å²) < 4.78 is 32.4. The molecule has 0 atom stereocenters. The van der Waals surface area contributed by atoms with Gasteiger partial charge in [-0.15, -0.1) is 0 Å². The van der Waals surface area contributed by atoms with Crippen LogP contribution in [0.25, 0.3) is 0 Å². The number of ether oxygens (including phenoxy) is 1. The van der Waals surface area contributed by atoms with Gasteiger partial charge in [0.15, 0.2) is 0 Å². The molecule has 2 N–H and O–H groups in total. The summed E-state index contributed by atoms with van der Waals surface area (Å²) in [4.78, 5) is 12.4. The second-order valence-electron chi connectivity index (χ2n) is 7.13. The number of carbonyl (C=O) groups is 1. The molecular formula is C20H26N2O4S. The Morgan fingerprint density at radius 1 is 1.00 bits per heavy atom. The Balaban J connectivity index is 1.91. The van der Waals surface area contributed by atoms with Gasteiger partial charge in [-0.3, -0.25) is 4.79 Å². The van der Waals surface area contributed by atoms with Gasteiger partial charge in [-0.25, -0.2) is 13.1 Å². The first-order valence-electron chi connectivity index (χ1n) is 8.66. The Kier molecular flexibility index (Phi) is 6.62. The van der Waals surface area contributed by atoms with Gasteiger partial charge < -0.3 is 10.1 Å². The molecule has 0 radical (unpaired) electrons. The van der Waals surface area contributed by atoms with E-state index in [2.05, 4.69) is 30.8 Å². The summed E-state index contributed by atoms with van der Waals surface area (Å²) in [6, 6.07) is 13.7. The molecule has 2 rings (SSSR count). The summed E-state index contributed by atoms with van der Waals surface area (Å²) in [5.41, 5.74) is 1.42. The summed E-state index contributed by atoms with van der Waals surface area (Å²) in [6.45, 7) is 6.46. The molecule has 0 heterocycles. The first-order chi connectivity index (χ1) is 12.6. The van der Waals surface area contributed by atoms with Crippen LogP contribution in [0.3, 0.4) is 0 Å². The van der Waals surface area contributed by atoms with Gasteiger partial charge in [0, 0.05) is 13.1 Å². The van der Waals surface area contributed by atoms with Crippen LogP contribution in [0.4, 0.5) is 0 Å². The van der Waals surface area contributed by atoms with E-state index in [4.69, 9.17) is 4.74 Å². The predicted octanol–water partition coefficient (Wildman–Crippen LogP) is 2.70. The second kappa shape index (κ2) is 8.54. The van der Waals surface area contributed by atoms with Gasteiger partial charge in [-0.2, -0.15) is 0 Å². The number of rotatable bonds is 7. The average Bonchev–Trinajstić information content (AvgIpc) is 2.64. The minimum atomic E-state index is -3.62. The fourth-order valence-electron chi connectivity index (χ4n) is 2.51. The van der Waals surface area contributed by atoms with Crippen LogP contribution in [0.2, 0.25) is 0 Å². The quantitative estimate of drug-likeness (QED) is 0.712. The second-order valence-corrected chi connectivity index (χ2v) is 8.90. The summed E-state index contributed by atoms with van der Waals surface area (Å²) >= 11 is 0. The third kappa shape index (κ3) is 5.55. The van der Waals surface area contributed by atoms with Crippen LogP contribution in [-0.2, 0) is 15.4 Å². The predicted molar refractivity (Wildman–Crippen MR) is 106 cm³/mol. The monoisotopic (exact) mass is 390 g/mol. The molecule has 0 aliphatic heterocycles. The molecule has 27 heavy (non-hydrogen) atoms. The van der Waals surface area contributed by atoms with Gasteiger partial charge >= 0.3 is 0 Å². The first-order valence-corrected chi connectivity index (χ1v) is 10.1. The van der Waals surface area contributed by atoms with Crippen molar-refractivity contribution in [2.24, 2.45) is 0 Å². The van der Waals surface area contributed by atoms with Crippen LogP contribution in [0.1, 0.15) is 36.7 Å². The van der Waals surface area contributed by atoms with Crippen molar-refractivity contribution in [1.29, 1.82) is 0 Å². The van der Waals surface area contributed by atoms with Gasteiger partial charge in [0.05, 0.1) is 17.6 Å². The highest BCUT2D eigenvalue weighted by Gasteiger charge is 2.17. The van der Waals surface area contributed by atoms with Gasteiger partial charge in [0.25, 0.3) is 5.91 Å². The standard InChI is InChI=1S/C20H26N2O4S/c1-20(2,3)15-9-11-16(12-10-15)27(24,25)22-14-13-21-19(23)17-7-5-6-8-18(17)26-4/h5-12,22H,13-14H2,1-4H3,(H,21,23). The molecule has 0 aliphatic carbocycles. The van der Waals surface area contributed by atoms with Crippen molar-refractivity contribution in [3.63, 3.8) is 0 Å². The summed E-state index contributed by atoms with van der Waals surface area (Å²) in [7, 11) is -2.13. The zero-order valence-electron chi connectivity index (χ0n) is 16.1. The topological polar surface area (TPSA) is 84.5 Å². The smallest absolute Gasteiger partial charge is 0.255 e. The third-order valence-electron chi connectivity index (χ3n) is 4.08. The van der Waals surface area contributed by atoms with Crippen LogP contribution in [-0.4, -0.2) is 34.5 Å². The van der Waals surface area contributed by atoms with E-state index >= 15 is 0 Å². The number of sulfonamides is 1. The van der Waals surface area contributed by atoms with E-state index in [9.17, 15) is 13.2 Å². The van der Waals surface area contributed by atoms with E-state index < -0.39 is 10.0 Å². The van der Waals surface area contributed by atoms with E-state index in [1.54, 1.807) is 36.4 Å². The Morgan fingerprint density at radius 3 is 2.22 bits per heavy atom. The first kappa shape index (κ1) is 20.9. The summed E-state index contributed by atoms with van der Waals surface area (Å²) in [5.74, 6) is 0.149. The van der Waals surface area contributed by atoms with Crippen LogP contribution < -0.4 is 14.8 Å². The molecule has 6 nitrogen and oxygen atoms in total. The lowest BCUT2D eigenvalue weighted by Gasteiger charge is -2.19. The van der Waals surface area contributed by atoms with Crippen molar-refractivity contribution in [3.8, 4) is 5.75 Å². The third-order valence-corrected chi connectivity index (χ3v) is 5.56. The van der Waals surface area contributed by atoms with Gasteiger partial charge in [0.2, 0.25) is 10.0 Å². The largest absolute Gasteiger partial charge is 0.496 e. The highest BCUT2D eigenvalue weighted by Crippen LogP contribution is 2.23. The number of methoxy groups -OCH3 is 1. The molecule has 0 aromatic heterocycles. The van der Waals surface area contributed by atoms with Crippen molar-refractivity contribution in [2.45, 2.75) is 31.1 Å². The molecule has 0 unspecified atom stereocenters. The maximum atomic E-state index is 12.4. The molecule has 0 bridgehead atoms. The van der Waals surface area contributed by atoms with Gasteiger partial charge in [-0.05, 0) is 35.2 Å². The molecule has 2 aromatic rings. The molecule has 1 amide bonds. The fourth-order valence-corrected chi connectivity index (χ4v) is 3.54. The van der Waals surface area contributed by atoms with Crippen LogP contribution in [0.5, 0.6) is 5.75 Å². The number of carbonyl (C=O) groups excluding carboxylic acids is 1. The molecular weight excluding hydrogens is 364 g/mol.